The highest BCUT2D eigenvalue weighted by atomic mass is 16.7. The van der Waals surface area contributed by atoms with Crippen molar-refractivity contribution in [2.45, 2.75) is 80.6 Å². The van der Waals surface area contributed by atoms with Crippen LogP contribution >= 0.6 is 0 Å². The predicted molar refractivity (Wildman–Crippen MR) is 479 cm³/mol. The molecule has 0 fully saturated rings. The second-order valence-corrected chi connectivity index (χ2v) is 32.9. The molecule has 0 spiro atoms. The fraction of sp³-hybridized carbons (Fsp3) is 0.132. The highest BCUT2D eigenvalue weighted by Crippen LogP contribution is 2.55. The fourth-order valence-corrected chi connectivity index (χ4v) is 20.2. The number of ether oxygens (including phenoxy) is 6. The molecule has 27 rings (SSSR count). The maximum Gasteiger partial charge on any atom is 0.308 e. The van der Waals surface area contributed by atoms with Crippen LogP contribution in [0, 0.1) is 34.6 Å². The minimum Gasteiger partial charge on any atom is -0.454 e. The molecule has 0 amide bonds. The molecule has 0 saturated carbocycles. The monoisotopic (exact) mass is 1550 g/mol. The topological polar surface area (TPSA) is 168 Å². The van der Waals surface area contributed by atoms with Crippen LogP contribution in [0.2, 0.25) is 0 Å². The van der Waals surface area contributed by atoms with Gasteiger partial charge < -0.3 is 53.3 Å². The number of fused-ring (bicyclic) bond motifs is 32. The van der Waals surface area contributed by atoms with Crippen molar-refractivity contribution >= 4 is 121 Å². The van der Waals surface area contributed by atoms with Gasteiger partial charge in [-0.2, -0.15) is 0 Å². The first-order chi connectivity index (χ1) is 58.1. The standard InChI is InChI=1S/C23H17NO4.C21H13NO4.2C21H17N.C20H15N/c1-12(25)27-22-17-11-14-7-3-4-8-15(14)19(17)23(28-13(2)26)21-20(22)16-9-5-6-10-18(16)24-21;1-10-2-14-15-6-20-21(26-9-25-20)7-17(15)22-16(14)4-12(10)13-5-19-18(3-11(1)13)23-8-24-19;1-12-7-8-19-17(9-12)18-11-15-10-14-5-3-4-6-16(14)20(15)13(2)21(18)22-19;1-12-7-8-17-18-11-15-10-14-5-3-4-6-16(14)20(15)13(2)21(18)22-19(17)9-12;1-12-6-7-15-13(8-12)9-14-10-18-16-4-2-3-5-19(16)21-20(18)11-17(14)15/h3-10,24H,11H2,1-2H3;2-7,22H,1,8-9H2;2*3-9,11,22H,10H2,1-2H3;2-8,10-11,21H,9H2,1H3. The number of aryl methyl sites for hydroxylation is 5. The first-order valence-corrected chi connectivity index (χ1v) is 40.9. The first kappa shape index (κ1) is 69.9. The molecule has 15 aromatic carbocycles. The Bertz CT molecular complexity index is 7850. The second-order valence-electron chi connectivity index (χ2n) is 32.9. The Morgan fingerprint density at radius 2 is 0.689 bits per heavy atom. The van der Waals surface area contributed by atoms with Crippen LogP contribution in [-0.2, 0) is 41.7 Å². The quantitative estimate of drug-likeness (QED) is 0.0842. The van der Waals surface area contributed by atoms with E-state index in [1.54, 1.807) is 0 Å². The summed E-state index contributed by atoms with van der Waals surface area (Å²) in [4.78, 5) is 41.6. The number of carbonyl (C=O) groups excluding carboxylic acids is 2. The molecule has 0 saturated heterocycles. The lowest BCUT2D eigenvalue weighted by Crippen LogP contribution is -2.07. The third-order valence-corrected chi connectivity index (χ3v) is 25.5. The van der Waals surface area contributed by atoms with Gasteiger partial charge in [0.2, 0.25) is 13.6 Å². The van der Waals surface area contributed by atoms with E-state index in [1.807, 2.05) is 54.6 Å². The Labute approximate surface area is 684 Å². The van der Waals surface area contributed by atoms with Gasteiger partial charge in [0.1, 0.15) is 5.75 Å². The molecule has 7 aliphatic rings. The van der Waals surface area contributed by atoms with Crippen molar-refractivity contribution in [3.63, 3.8) is 0 Å². The van der Waals surface area contributed by atoms with E-state index in [0.717, 1.165) is 104 Å². The largest absolute Gasteiger partial charge is 0.454 e. The second kappa shape index (κ2) is 26.8. The summed E-state index contributed by atoms with van der Waals surface area (Å²) in [7, 11) is 0. The Balaban J connectivity index is 0.0000000874. The highest BCUT2D eigenvalue weighted by molar-refractivity contribution is 6.18. The maximum absolute atomic E-state index is 11.9. The molecule has 2 aliphatic heterocycles. The number of para-hydroxylation sites is 2. The molecule has 7 heterocycles. The SMILES string of the molecule is CC(=O)Oc1c2c(c(OC(C)=O)c3c1[nH]c1ccccc13)Cc1ccccc1-2.Cc1ccc2[nH]c3c(C)c4c(cc3c2c1)Cc1ccccc1-4.Cc1ccc2c(c1)Cc1cc3c(cc1-2)[nH]c1ccccc13.Cc1ccc2c(c1)[nH]c1c(C)c3c(cc12)Cc1ccccc1-3.c1c2c(cc3c1OCO3)-c1cc3[nH]c4cc5c(cc4c3cc1C2)OCO5. The van der Waals surface area contributed by atoms with Gasteiger partial charge in [-0.05, 0) is 262 Å². The summed E-state index contributed by atoms with van der Waals surface area (Å²) in [6.45, 7) is 14.4. The van der Waals surface area contributed by atoms with Gasteiger partial charge in [0.15, 0.2) is 28.7 Å². The molecule has 0 radical (unpaired) electrons. The Hall–Kier alpha value is -14.6. The van der Waals surface area contributed by atoms with Crippen LogP contribution in [0.3, 0.4) is 0 Å². The van der Waals surface area contributed by atoms with Gasteiger partial charge in [-0.15, -0.1) is 0 Å². The lowest BCUT2D eigenvalue weighted by atomic mass is 9.97. The minimum absolute atomic E-state index is 0.291. The number of hydrogen-bond donors (Lipinski definition) is 5. The molecule has 5 aromatic heterocycles. The van der Waals surface area contributed by atoms with E-state index < -0.39 is 5.97 Å². The van der Waals surface area contributed by atoms with Crippen molar-refractivity contribution in [3.05, 3.63) is 320 Å². The summed E-state index contributed by atoms with van der Waals surface area (Å²) in [6, 6.07) is 84.4. The number of benzene rings is 15. The van der Waals surface area contributed by atoms with Crippen LogP contribution in [0.5, 0.6) is 34.5 Å². The van der Waals surface area contributed by atoms with E-state index in [0.29, 0.717) is 37.0 Å². The van der Waals surface area contributed by atoms with Crippen molar-refractivity contribution < 1.29 is 38.0 Å². The number of rotatable bonds is 2. The molecular weight excluding hydrogens is 1470 g/mol. The van der Waals surface area contributed by atoms with Crippen LogP contribution in [-0.4, -0.2) is 50.4 Å². The average molecular weight is 1550 g/mol. The highest BCUT2D eigenvalue weighted by Gasteiger charge is 2.34. The number of nitrogens with one attached hydrogen (secondary N) is 5. The number of aromatic nitrogens is 5. The van der Waals surface area contributed by atoms with Crippen molar-refractivity contribution in [2.75, 3.05) is 13.6 Å². The van der Waals surface area contributed by atoms with Crippen LogP contribution in [0.4, 0.5) is 0 Å². The van der Waals surface area contributed by atoms with E-state index in [1.165, 1.54) is 201 Å². The van der Waals surface area contributed by atoms with Crippen LogP contribution in [0.1, 0.15) is 97.3 Å². The van der Waals surface area contributed by atoms with Gasteiger partial charge in [-0.25, -0.2) is 0 Å². The Morgan fingerprint density at radius 3 is 1.36 bits per heavy atom. The molecule has 0 atom stereocenters. The zero-order valence-electron chi connectivity index (χ0n) is 66.7. The molecule has 119 heavy (non-hydrogen) atoms. The van der Waals surface area contributed by atoms with E-state index in [-0.39, 0.29) is 5.97 Å². The lowest BCUT2D eigenvalue weighted by Gasteiger charge is -2.15. The van der Waals surface area contributed by atoms with Gasteiger partial charge in [0.05, 0.1) is 27.5 Å². The summed E-state index contributed by atoms with van der Waals surface area (Å²) in [5.74, 6) is 3.52. The number of aromatic amines is 5. The maximum atomic E-state index is 11.9. The fourth-order valence-electron chi connectivity index (χ4n) is 20.2. The van der Waals surface area contributed by atoms with Gasteiger partial charge in [-0.1, -0.05) is 157 Å². The summed E-state index contributed by atoms with van der Waals surface area (Å²) < 4.78 is 33.6. The van der Waals surface area contributed by atoms with E-state index in [4.69, 9.17) is 28.4 Å². The van der Waals surface area contributed by atoms with Crippen molar-refractivity contribution in [2.24, 2.45) is 0 Å². The molecule has 0 bridgehead atoms. The third-order valence-electron chi connectivity index (χ3n) is 25.5. The van der Waals surface area contributed by atoms with Gasteiger partial charge in [0, 0.05) is 119 Å². The van der Waals surface area contributed by atoms with E-state index >= 15 is 0 Å². The summed E-state index contributed by atoms with van der Waals surface area (Å²) >= 11 is 0. The number of carbonyl (C=O) groups is 2. The third kappa shape index (κ3) is 11.3. The molecule has 5 aliphatic carbocycles. The molecule has 5 N–H and O–H groups in total. The van der Waals surface area contributed by atoms with Crippen molar-refractivity contribution in [1.82, 2.24) is 24.9 Å². The zero-order chi connectivity index (χ0) is 79.9. The van der Waals surface area contributed by atoms with Crippen molar-refractivity contribution in [1.29, 1.82) is 0 Å². The number of esters is 2. The van der Waals surface area contributed by atoms with Crippen LogP contribution in [0.15, 0.2) is 237 Å². The average Bonchev–Trinajstić information content (AvgIpc) is 1.56. The van der Waals surface area contributed by atoms with E-state index in [9.17, 15) is 9.59 Å². The first-order valence-electron chi connectivity index (χ1n) is 40.9. The van der Waals surface area contributed by atoms with E-state index in [2.05, 4.69) is 242 Å². The minimum atomic E-state index is -0.397. The molecule has 13 heteroatoms. The van der Waals surface area contributed by atoms with Crippen molar-refractivity contribution in [3.8, 4) is 90.1 Å². The Kier molecular flexibility index (Phi) is 15.7. The molecular formula is C106H79N5O8. The number of hydrogen-bond acceptors (Lipinski definition) is 8. The summed E-state index contributed by atoms with van der Waals surface area (Å²) in [5.41, 5.74) is 44.1. The van der Waals surface area contributed by atoms with Crippen LogP contribution < -0.4 is 28.4 Å². The lowest BCUT2D eigenvalue weighted by molar-refractivity contribution is -0.132. The molecule has 576 valence electrons. The number of H-pyrrole nitrogens is 5. The smallest absolute Gasteiger partial charge is 0.308 e. The Morgan fingerprint density at radius 1 is 0.277 bits per heavy atom. The normalized spacial score (nSPS) is 13.3. The van der Waals surface area contributed by atoms with Gasteiger partial charge >= 0.3 is 11.9 Å². The molecule has 20 aromatic rings. The van der Waals surface area contributed by atoms with Crippen LogP contribution in [0.25, 0.3) is 165 Å². The van der Waals surface area contributed by atoms with Gasteiger partial charge in [-0.3, -0.25) is 9.59 Å². The summed E-state index contributed by atoms with van der Waals surface area (Å²) in [6.07, 6.45) is 4.69. The summed E-state index contributed by atoms with van der Waals surface area (Å²) in [5, 5.41) is 12.1. The molecule has 0 unspecified atom stereocenters. The van der Waals surface area contributed by atoms with Gasteiger partial charge in [0.25, 0.3) is 0 Å². The zero-order valence-corrected chi connectivity index (χ0v) is 66.7. The molecule has 13 nitrogen and oxygen atoms in total. The predicted octanol–water partition coefficient (Wildman–Crippen LogP) is 25.3.